The van der Waals surface area contributed by atoms with E-state index in [1.807, 2.05) is 22.1 Å². The zero-order valence-electron chi connectivity index (χ0n) is 13.7. The van der Waals surface area contributed by atoms with Gasteiger partial charge in [-0.2, -0.15) is 0 Å². The van der Waals surface area contributed by atoms with Crippen LogP contribution < -0.4 is 5.32 Å². The van der Waals surface area contributed by atoms with Crippen LogP contribution in [0.3, 0.4) is 0 Å². The van der Waals surface area contributed by atoms with Gasteiger partial charge in [0.05, 0.1) is 22.9 Å². The van der Waals surface area contributed by atoms with Crippen molar-refractivity contribution in [3.63, 3.8) is 0 Å². The number of ether oxygens (including phenoxy) is 1. The van der Waals surface area contributed by atoms with E-state index < -0.39 is 5.97 Å². The highest BCUT2D eigenvalue weighted by atomic mass is 32.1. The van der Waals surface area contributed by atoms with Crippen LogP contribution in [0, 0.1) is 0 Å². The maximum atomic E-state index is 12.7. The summed E-state index contributed by atoms with van der Waals surface area (Å²) in [6.45, 7) is 4.11. The van der Waals surface area contributed by atoms with Crippen LogP contribution in [0.15, 0.2) is 41.8 Å². The minimum Gasteiger partial charge on any atom is -0.465 e. The summed E-state index contributed by atoms with van der Waals surface area (Å²) in [5.74, 6) is -0.570. The van der Waals surface area contributed by atoms with Gasteiger partial charge < -0.3 is 14.6 Å². The smallest absolute Gasteiger partial charge is 0.337 e. The molecule has 5 nitrogen and oxygen atoms in total. The van der Waals surface area contributed by atoms with Gasteiger partial charge in [0, 0.05) is 11.7 Å². The van der Waals surface area contributed by atoms with Gasteiger partial charge in [-0.1, -0.05) is 0 Å². The fourth-order valence-corrected chi connectivity index (χ4v) is 3.49. The van der Waals surface area contributed by atoms with Crippen molar-refractivity contribution in [1.29, 1.82) is 0 Å². The Kier molecular flexibility index (Phi) is 4.40. The van der Waals surface area contributed by atoms with Crippen LogP contribution in [0.5, 0.6) is 0 Å². The number of anilines is 1. The van der Waals surface area contributed by atoms with E-state index in [1.54, 1.807) is 35.6 Å². The lowest BCUT2D eigenvalue weighted by atomic mass is 10.2. The molecule has 0 aliphatic rings. The topological polar surface area (TPSA) is 60.3 Å². The Hall–Kier alpha value is -2.60. The van der Waals surface area contributed by atoms with Gasteiger partial charge >= 0.3 is 5.97 Å². The fraction of sp³-hybridized carbons (Fsp3) is 0.222. The number of esters is 1. The van der Waals surface area contributed by atoms with Gasteiger partial charge in [0.1, 0.15) is 5.69 Å². The molecule has 6 heteroatoms. The maximum absolute atomic E-state index is 12.7. The number of rotatable bonds is 4. The number of carbonyl (C=O) groups excluding carboxylic acids is 2. The first-order valence-electron chi connectivity index (χ1n) is 7.59. The average Bonchev–Trinajstić information content (AvgIpc) is 3.15. The van der Waals surface area contributed by atoms with Crippen LogP contribution >= 0.6 is 11.3 Å². The second kappa shape index (κ2) is 6.49. The van der Waals surface area contributed by atoms with Gasteiger partial charge in [0.15, 0.2) is 0 Å². The maximum Gasteiger partial charge on any atom is 0.337 e. The van der Waals surface area contributed by atoms with Gasteiger partial charge in [-0.3, -0.25) is 4.79 Å². The van der Waals surface area contributed by atoms with Crippen molar-refractivity contribution in [2.75, 3.05) is 12.4 Å². The molecule has 0 radical (unpaired) electrons. The monoisotopic (exact) mass is 342 g/mol. The first kappa shape index (κ1) is 16.3. The van der Waals surface area contributed by atoms with E-state index in [0.29, 0.717) is 16.9 Å². The Balaban J connectivity index is 1.86. The summed E-state index contributed by atoms with van der Waals surface area (Å²) in [5, 5.41) is 4.91. The minimum absolute atomic E-state index is 0.169. The van der Waals surface area contributed by atoms with Crippen molar-refractivity contribution < 1.29 is 14.3 Å². The highest BCUT2D eigenvalue weighted by Gasteiger charge is 2.18. The standard InChI is InChI=1S/C18H18N2O3S/c1-11(2)20-14-8-9-24-16(14)10-15(20)17(21)19-13-6-4-12(5-7-13)18(22)23-3/h4-11H,1-3H3,(H,19,21). The van der Waals surface area contributed by atoms with E-state index >= 15 is 0 Å². The molecule has 24 heavy (non-hydrogen) atoms. The Morgan fingerprint density at radius 1 is 1.17 bits per heavy atom. The molecular weight excluding hydrogens is 324 g/mol. The molecular formula is C18H18N2O3S. The fourth-order valence-electron chi connectivity index (χ4n) is 2.68. The Bertz CT molecular complexity index is 891. The normalized spacial score (nSPS) is 11.0. The molecule has 3 rings (SSSR count). The largest absolute Gasteiger partial charge is 0.465 e. The molecule has 1 aromatic carbocycles. The number of nitrogens with zero attached hydrogens (tertiary/aromatic N) is 1. The minimum atomic E-state index is -0.401. The SMILES string of the molecule is COC(=O)c1ccc(NC(=O)c2cc3sccc3n2C(C)C)cc1. The molecule has 0 atom stereocenters. The summed E-state index contributed by atoms with van der Waals surface area (Å²) in [5.41, 5.74) is 2.78. The molecule has 0 saturated carbocycles. The number of fused-ring (bicyclic) bond motifs is 1. The molecule has 0 bridgehead atoms. The zero-order chi connectivity index (χ0) is 17.3. The first-order chi connectivity index (χ1) is 11.5. The predicted molar refractivity (Wildman–Crippen MR) is 95.9 cm³/mol. The molecule has 0 fully saturated rings. The number of methoxy groups -OCH3 is 1. The highest BCUT2D eigenvalue weighted by Crippen LogP contribution is 2.28. The van der Waals surface area contributed by atoms with Crippen molar-refractivity contribution in [1.82, 2.24) is 4.57 Å². The van der Waals surface area contributed by atoms with Gasteiger partial charge in [-0.25, -0.2) is 4.79 Å². The number of carbonyl (C=O) groups is 2. The van der Waals surface area contributed by atoms with E-state index in [2.05, 4.69) is 23.9 Å². The Morgan fingerprint density at radius 2 is 1.88 bits per heavy atom. The number of aromatic nitrogens is 1. The molecule has 124 valence electrons. The quantitative estimate of drug-likeness (QED) is 0.718. The van der Waals surface area contributed by atoms with Crippen molar-refractivity contribution in [2.24, 2.45) is 0 Å². The molecule has 0 saturated heterocycles. The number of hydrogen-bond acceptors (Lipinski definition) is 4. The predicted octanol–water partition coefficient (Wildman–Crippen LogP) is 4.32. The number of hydrogen-bond donors (Lipinski definition) is 1. The molecule has 2 aromatic heterocycles. The molecule has 0 aliphatic carbocycles. The van der Waals surface area contributed by atoms with Crippen LogP contribution in [0.25, 0.3) is 10.2 Å². The number of thiophene rings is 1. The summed E-state index contributed by atoms with van der Waals surface area (Å²) in [7, 11) is 1.34. The third-order valence-electron chi connectivity index (χ3n) is 3.77. The van der Waals surface area contributed by atoms with E-state index in [9.17, 15) is 9.59 Å². The van der Waals surface area contributed by atoms with Crippen LogP contribution in [-0.4, -0.2) is 23.6 Å². The summed E-state index contributed by atoms with van der Waals surface area (Å²) in [6, 6.07) is 10.8. The van der Waals surface area contributed by atoms with Crippen LogP contribution in [0.4, 0.5) is 5.69 Å². The summed E-state index contributed by atoms with van der Waals surface area (Å²) < 4.78 is 7.79. The Labute approximate surface area is 143 Å². The van der Waals surface area contributed by atoms with Crippen molar-refractivity contribution >= 4 is 39.1 Å². The van der Waals surface area contributed by atoms with Gasteiger partial charge in [-0.05, 0) is 55.6 Å². The first-order valence-corrected chi connectivity index (χ1v) is 8.47. The molecule has 2 heterocycles. The highest BCUT2D eigenvalue weighted by molar-refractivity contribution is 7.17. The molecule has 0 unspecified atom stereocenters. The van der Waals surface area contributed by atoms with Crippen LogP contribution in [-0.2, 0) is 4.74 Å². The van der Waals surface area contributed by atoms with E-state index in [4.69, 9.17) is 0 Å². The van der Waals surface area contributed by atoms with Gasteiger partial charge in [0.2, 0.25) is 0 Å². The van der Waals surface area contributed by atoms with Crippen molar-refractivity contribution in [2.45, 2.75) is 19.9 Å². The Morgan fingerprint density at radius 3 is 2.50 bits per heavy atom. The molecule has 0 spiro atoms. The number of nitrogens with one attached hydrogen (secondary N) is 1. The van der Waals surface area contributed by atoms with Gasteiger partial charge in [-0.15, -0.1) is 11.3 Å². The average molecular weight is 342 g/mol. The van der Waals surface area contributed by atoms with Crippen LogP contribution in [0.1, 0.15) is 40.7 Å². The zero-order valence-corrected chi connectivity index (χ0v) is 14.5. The summed E-state index contributed by atoms with van der Waals surface area (Å²) >= 11 is 1.62. The van der Waals surface area contributed by atoms with Crippen molar-refractivity contribution in [3.05, 3.63) is 53.0 Å². The van der Waals surface area contributed by atoms with E-state index in [0.717, 1.165) is 10.2 Å². The number of amides is 1. The summed E-state index contributed by atoms with van der Waals surface area (Å²) in [4.78, 5) is 24.1. The molecule has 3 aromatic rings. The lowest BCUT2D eigenvalue weighted by Crippen LogP contribution is -2.18. The molecule has 0 aliphatic heterocycles. The summed E-state index contributed by atoms with van der Waals surface area (Å²) in [6.07, 6.45) is 0. The lowest BCUT2D eigenvalue weighted by Gasteiger charge is -2.14. The lowest BCUT2D eigenvalue weighted by molar-refractivity contribution is 0.0600. The molecule has 1 amide bonds. The van der Waals surface area contributed by atoms with Crippen LogP contribution in [0.2, 0.25) is 0 Å². The van der Waals surface area contributed by atoms with Gasteiger partial charge in [0.25, 0.3) is 5.91 Å². The third kappa shape index (κ3) is 2.92. The third-order valence-corrected chi connectivity index (χ3v) is 4.63. The van der Waals surface area contributed by atoms with E-state index in [-0.39, 0.29) is 11.9 Å². The number of benzene rings is 1. The van der Waals surface area contributed by atoms with E-state index in [1.165, 1.54) is 7.11 Å². The van der Waals surface area contributed by atoms with Crippen molar-refractivity contribution in [3.8, 4) is 0 Å². The second-order valence-corrected chi connectivity index (χ2v) is 6.63. The second-order valence-electron chi connectivity index (χ2n) is 5.69. The molecule has 1 N–H and O–H groups in total.